The number of piperazine rings is 1. The lowest BCUT2D eigenvalue weighted by Crippen LogP contribution is -2.52. The van der Waals surface area contributed by atoms with E-state index in [1.54, 1.807) is 7.11 Å². The summed E-state index contributed by atoms with van der Waals surface area (Å²) in [7, 11) is 1.64. The molecule has 0 unspecified atom stereocenters. The van der Waals surface area contributed by atoms with Crippen LogP contribution in [0, 0.1) is 0 Å². The number of hydrogen-bond donors (Lipinski definition) is 1. The maximum absolute atomic E-state index is 12.3. The molecule has 1 N–H and O–H groups in total. The number of carbonyl (C=O) groups is 1. The molecule has 1 aromatic rings. The predicted molar refractivity (Wildman–Crippen MR) is 70.7 cm³/mol. The molecule has 1 aliphatic heterocycles. The van der Waals surface area contributed by atoms with E-state index in [-0.39, 0.29) is 11.9 Å². The molecule has 1 atom stereocenters. The van der Waals surface area contributed by atoms with E-state index in [0.717, 1.165) is 30.9 Å². The number of amides is 1. The second-order valence-corrected chi connectivity index (χ2v) is 4.63. The Labute approximate surface area is 108 Å². The van der Waals surface area contributed by atoms with Crippen molar-refractivity contribution in [2.24, 2.45) is 0 Å². The first-order chi connectivity index (χ1) is 8.72. The van der Waals surface area contributed by atoms with Gasteiger partial charge in [0.2, 0.25) is 5.91 Å². The lowest BCUT2D eigenvalue weighted by molar-refractivity contribution is -0.133. The van der Waals surface area contributed by atoms with Crippen molar-refractivity contribution in [2.75, 3.05) is 26.7 Å². The molecule has 1 aliphatic rings. The Hall–Kier alpha value is -1.55. The van der Waals surface area contributed by atoms with E-state index in [9.17, 15) is 4.79 Å². The monoisotopic (exact) mass is 248 g/mol. The van der Waals surface area contributed by atoms with E-state index in [1.165, 1.54) is 0 Å². The summed E-state index contributed by atoms with van der Waals surface area (Å²) in [6.07, 6.45) is 0.411. The van der Waals surface area contributed by atoms with Crippen molar-refractivity contribution in [3.63, 3.8) is 0 Å². The number of nitrogens with zero attached hydrogens (tertiary/aromatic N) is 1. The highest BCUT2D eigenvalue weighted by Gasteiger charge is 2.23. The number of nitrogens with one attached hydrogen (secondary N) is 1. The van der Waals surface area contributed by atoms with Crippen molar-refractivity contribution in [3.05, 3.63) is 29.8 Å². The molecule has 0 radical (unpaired) electrons. The quantitative estimate of drug-likeness (QED) is 0.869. The van der Waals surface area contributed by atoms with Crippen molar-refractivity contribution in [1.82, 2.24) is 10.2 Å². The van der Waals surface area contributed by atoms with Gasteiger partial charge in [-0.1, -0.05) is 18.2 Å². The minimum Gasteiger partial charge on any atom is -0.496 e. The van der Waals surface area contributed by atoms with E-state index in [0.29, 0.717) is 6.42 Å². The molecule has 4 heteroatoms. The fourth-order valence-electron chi connectivity index (χ4n) is 2.33. The Morgan fingerprint density at radius 3 is 3.00 bits per heavy atom. The van der Waals surface area contributed by atoms with Crippen molar-refractivity contribution in [1.29, 1.82) is 0 Å². The van der Waals surface area contributed by atoms with Crippen LogP contribution in [0.15, 0.2) is 24.3 Å². The van der Waals surface area contributed by atoms with Gasteiger partial charge >= 0.3 is 0 Å². The summed E-state index contributed by atoms with van der Waals surface area (Å²) in [5.41, 5.74) is 0.954. The summed E-state index contributed by atoms with van der Waals surface area (Å²) < 4.78 is 5.28. The first kappa shape index (κ1) is 12.9. The molecule has 1 amide bonds. The van der Waals surface area contributed by atoms with Gasteiger partial charge in [-0.05, 0) is 13.0 Å². The van der Waals surface area contributed by atoms with Gasteiger partial charge in [-0.3, -0.25) is 4.79 Å². The third kappa shape index (κ3) is 2.82. The number of ether oxygens (including phenoxy) is 1. The topological polar surface area (TPSA) is 41.6 Å². The molecule has 1 saturated heterocycles. The summed E-state index contributed by atoms with van der Waals surface area (Å²) in [5, 5.41) is 3.29. The molecule has 0 bridgehead atoms. The van der Waals surface area contributed by atoms with Crippen LogP contribution in [0.25, 0.3) is 0 Å². The van der Waals surface area contributed by atoms with Crippen LogP contribution in [0.1, 0.15) is 12.5 Å². The highest BCUT2D eigenvalue weighted by atomic mass is 16.5. The predicted octanol–water partition coefficient (Wildman–Crippen LogP) is 1.06. The van der Waals surface area contributed by atoms with E-state index in [1.807, 2.05) is 29.2 Å². The Morgan fingerprint density at radius 2 is 2.28 bits per heavy atom. The summed E-state index contributed by atoms with van der Waals surface area (Å²) >= 11 is 0. The minimum absolute atomic E-state index is 0.175. The van der Waals surface area contributed by atoms with E-state index in [2.05, 4.69) is 12.2 Å². The zero-order valence-electron chi connectivity index (χ0n) is 11.0. The van der Waals surface area contributed by atoms with Crippen LogP contribution in [-0.2, 0) is 11.2 Å². The SMILES string of the molecule is COc1ccccc1CC(=O)N1CCNC[C@H]1C. The molecule has 98 valence electrons. The molecule has 4 nitrogen and oxygen atoms in total. The number of benzene rings is 1. The average Bonchev–Trinajstić information content (AvgIpc) is 2.39. The van der Waals surface area contributed by atoms with Gasteiger partial charge in [-0.25, -0.2) is 0 Å². The second kappa shape index (κ2) is 5.87. The first-order valence-corrected chi connectivity index (χ1v) is 6.34. The average molecular weight is 248 g/mol. The van der Waals surface area contributed by atoms with E-state index >= 15 is 0 Å². The van der Waals surface area contributed by atoms with Crippen LogP contribution in [0.3, 0.4) is 0 Å². The van der Waals surface area contributed by atoms with Gasteiger partial charge in [0.25, 0.3) is 0 Å². The molecular formula is C14H20N2O2. The molecule has 2 rings (SSSR count). The van der Waals surface area contributed by atoms with E-state index < -0.39 is 0 Å². The summed E-state index contributed by atoms with van der Waals surface area (Å²) in [4.78, 5) is 14.2. The third-order valence-electron chi connectivity index (χ3n) is 3.36. The Balaban J connectivity index is 2.06. The van der Waals surface area contributed by atoms with Gasteiger partial charge in [0.05, 0.1) is 13.5 Å². The maximum Gasteiger partial charge on any atom is 0.227 e. The third-order valence-corrected chi connectivity index (χ3v) is 3.36. The molecule has 0 aromatic heterocycles. The van der Waals surface area contributed by atoms with Crippen molar-refractivity contribution < 1.29 is 9.53 Å². The molecule has 1 fully saturated rings. The number of hydrogen-bond acceptors (Lipinski definition) is 3. The molecule has 1 heterocycles. The number of rotatable bonds is 3. The van der Waals surface area contributed by atoms with Crippen molar-refractivity contribution in [2.45, 2.75) is 19.4 Å². The van der Waals surface area contributed by atoms with Crippen molar-refractivity contribution in [3.8, 4) is 5.75 Å². The molecule has 0 saturated carbocycles. The minimum atomic E-state index is 0.175. The molecule has 0 spiro atoms. The standard InChI is InChI=1S/C14H20N2O2/c1-11-10-15-7-8-16(11)14(17)9-12-5-3-4-6-13(12)18-2/h3-6,11,15H,7-10H2,1-2H3/t11-/m1/s1. The lowest BCUT2D eigenvalue weighted by atomic mass is 10.1. The summed E-state index contributed by atoms with van der Waals surface area (Å²) in [5.74, 6) is 0.960. The fourth-order valence-corrected chi connectivity index (χ4v) is 2.33. The normalized spacial score (nSPS) is 19.7. The van der Waals surface area contributed by atoms with Gasteiger partial charge < -0.3 is 15.0 Å². The van der Waals surface area contributed by atoms with Crippen LogP contribution in [-0.4, -0.2) is 43.6 Å². The second-order valence-electron chi connectivity index (χ2n) is 4.63. The number of para-hydroxylation sites is 1. The molecular weight excluding hydrogens is 228 g/mol. The van der Waals surface area contributed by atoms with Crippen LogP contribution in [0.4, 0.5) is 0 Å². The Bertz CT molecular complexity index is 420. The van der Waals surface area contributed by atoms with Gasteiger partial charge in [-0.15, -0.1) is 0 Å². The largest absolute Gasteiger partial charge is 0.496 e. The first-order valence-electron chi connectivity index (χ1n) is 6.34. The highest BCUT2D eigenvalue weighted by molar-refractivity contribution is 5.80. The highest BCUT2D eigenvalue weighted by Crippen LogP contribution is 2.19. The summed E-state index contributed by atoms with van der Waals surface area (Å²) in [6.45, 7) is 4.61. The van der Waals surface area contributed by atoms with Gasteiger partial charge in [0.15, 0.2) is 0 Å². The van der Waals surface area contributed by atoms with Crippen LogP contribution < -0.4 is 10.1 Å². The number of carbonyl (C=O) groups excluding carboxylic acids is 1. The van der Waals surface area contributed by atoms with Gasteiger partial charge in [0.1, 0.15) is 5.75 Å². The summed E-state index contributed by atoms with van der Waals surface area (Å²) in [6, 6.07) is 7.96. The zero-order valence-corrected chi connectivity index (χ0v) is 11.0. The zero-order chi connectivity index (χ0) is 13.0. The van der Waals surface area contributed by atoms with Gasteiger partial charge in [0, 0.05) is 31.2 Å². The number of methoxy groups -OCH3 is 1. The maximum atomic E-state index is 12.3. The Morgan fingerprint density at radius 1 is 1.50 bits per heavy atom. The fraction of sp³-hybridized carbons (Fsp3) is 0.500. The molecule has 18 heavy (non-hydrogen) atoms. The van der Waals surface area contributed by atoms with Crippen LogP contribution in [0.5, 0.6) is 5.75 Å². The van der Waals surface area contributed by atoms with Crippen LogP contribution >= 0.6 is 0 Å². The van der Waals surface area contributed by atoms with Crippen LogP contribution in [0.2, 0.25) is 0 Å². The molecule has 0 aliphatic carbocycles. The smallest absolute Gasteiger partial charge is 0.227 e. The van der Waals surface area contributed by atoms with Gasteiger partial charge in [-0.2, -0.15) is 0 Å². The van der Waals surface area contributed by atoms with E-state index in [4.69, 9.17) is 4.74 Å². The molecule has 1 aromatic carbocycles. The lowest BCUT2D eigenvalue weighted by Gasteiger charge is -2.34. The Kier molecular flexibility index (Phi) is 4.20. The van der Waals surface area contributed by atoms with Crippen molar-refractivity contribution >= 4 is 5.91 Å².